The third kappa shape index (κ3) is 3.41. The number of aryl methyl sites for hydroxylation is 1. The molecule has 0 N–H and O–H groups in total. The number of ether oxygens (including phenoxy) is 2. The smallest absolute Gasteiger partial charge is 0.318 e. The van der Waals surface area contributed by atoms with Crippen LogP contribution in [0.25, 0.3) is 0 Å². The summed E-state index contributed by atoms with van der Waals surface area (Å²) in [6.45, 7) is 8.56. The molecular formula is C18H30N4O3. The maximum Gasteiger partial charge on any atom is 0.318 e. The molecule has 3 heterocycles. The van der Waals surface area contributed by atoms with E-state index in [9.17, 15) is 0 Å². The van der Waals surface area contributed by atoms with Crippen molar-refractivity contribution in [2.75, 3.05) is 58.0 Å². The molecule has 140 valence electrons. The van der Waals surface area contributed by atoms with Crippen LogP contribution in [-0.4, -0.2) is 74.2 Å². The van der Waals surface area contributed by atoms with Crippen molar-refractivity contribution >= 4 is 6.01 Å². The maximum absolute atomic E-state index is 5.68. The minimum absolute atomic E-state index is 0.207. The summed E-state index contributed by atoms with van der Waals surface area (Å²) in [5.41, 5.74) is 0.207. The lowest BCUT2D eigenvalue weighted by atomic mass is 9.62. The van der Waals surface area contributed by atoms with Gasteiger partial charge < -0.3 is 18.8 Å². The van der Waals surface area contributed by atoms with Gasteiger partial charge in [-0.15, -0.1) is 5.10 Å². The lowest BCUT2D eigenvalue weighted by Crippen LogP contribution is -2.57. The summed E-state index contributed by atoms with van der Waals surface area (Å²) < 4.78 is 16.9. The third-order valence-electron chi connectivity index (χ3n) is 6.43. The Balaban J connectivity index is 1.47. The SMILES string of the molecule is COC[C@]12CC[C@H](N3CCOCC3)C[C@@H]1CCN(c1nnc(C)o1)C2. The summed E-state index contributed by atoms with van der Waals surface area (Å²) in [6, 6.07) is 1.37. The largest absolute Gasteiger partial charge is 0.408 e. The van der Waals surface area contributed by atoms with Gasteiger partial charge in [0.05, 0.1) is 19.8 Å². The number of anilines is 1. The number of piperidine rings is 1. The number of rotatable bonds is 4. The van der Waals surface area contributed by atoms with Crippen LogP contribution in [0.1, 0.15) is 31.6 Å². The molecule has 1 saturated carbocycles. The highest BCUT2D eigenvalue weighted by atomic mass is 16.5. The molecule has 25 heavy (non-hydrogen) atoms. The van der Waals surface area contributed by atoms with Crippen LogP contribution in [0.3, 0.4) is 0 Å². The van der Waals surface area contributed by atoms with Gasteiger partial charge in [-0.3, -0.25) is 4.90 Å². The minimum Gasteiger partial charge on any atom is -0.408 e. The van der Waals surface area contributed by atoms with Crippen LogP contribution < -0.4 is 4.90 Å². The van der Waals surface area contributed by atoms with Gasteiger partial charge in [0.15, 0.2) is 0 Å². The standard InChI is InChI=1S/C18H30N4O3/c1-14-19-20-17(25-14)22-6-4-15-11-16(21-7-9-24-10-8-21)3-5-18(15,12-22)13-23-2/h15-16H,3-13H2,1-2H3/t15-,16-,18+/m0/s1. The van der Waals surface area contributed by atoms with Crippen molar-refractivity contribution in [1.29, 1.82) is 0 Å². The van der Waals surface area contributed by atoms with Crippen molar-refractivity contribution in [1.82, 2.24) is 15.1 Å². The molecule has 0 aromatic carbocycles. The van der Waals surface area contributed by atoms with E-state index < -0.39 is 0 Å². The zero-order valence-electron chi connectivity index (χ0n) is 15.4. The first-order valence-corrected chi connectivity index (χ1v) is 9.56. The van der Waals surface area contributed by atoms with Crippen LogP contribution >= 0.6 is 0 Å². The lowest BCUT2D eigenvalue weighted by Gasteiger charge is -2.53. The first-order chi connectivity index (χ1) is 12.2. The number of fused-ring (bicyclic) bond motifs is 1. The first kappa shape index (κ1) is 17.2. The fraction of sp³-hybridized carbons (Fsp3) is 0.889. The van der Waals surface area contributed by atoms with Crippen LogP contribution in [0.4, 0.5) is 6.01 Å². The summed E-state index contributed by atoms with van der Waals surface area (Å²) in [5.74, 6) is 1.34. The van der Waals surface area contributed by atoms with Crippen LogP contribution in [0.15, 0.2) is 4.42 Å². The van der Waals surface area contributed by atoms with Gasteiger partial charge in [-0.25, -0.2) is 0 Å². The quantitative estimate of drug-likeness (QED) is 0.819. The summed E-state index contributed by atoms with van der Waals surface area (Å²) in [4.78, 5) is 4.92. The van der Waals surface area contributed by atoms with Crippen molar-refractivity contribution in [3.8, 4) is 0 Å². The number of hydrogen-bond acceptors (Lipinski definition) is 7. The third-order valence-corrected chi connectivity index (χ3v) is 6.43. The molecule has 0 radical (unpaired) electrons. The van der Waals surface area contributed by atoms with Crippen LogP contribution in [0, 0.1) is 18.3 Å². The minimum atomic E-state index is 0.207. The molecule has 2 saturated heterocycles. The van der Waals surface area contributed by atoms with E-state index in [0.717, 1.165) is 46.0 Å². The molecule has 1 aromatic heterocycles. The highest BCUT2D eigenvalue weighted by Crippen LogP contribution is 2.48. The highest BCUT2D eigenvalue weighted by molar-refractivity contribution is 5.27. The Morgan fingerprint density at radius 1 is 1.20 bits per heavy atom. The molecule has 3 fully saturated rings. The van der Waals surface area contributed by atoms with E-state index in [1.807, 2.05) is 14.0 Å². The van der Waals surface area contributed by atoms with Gasteiger partial charge in [0.1, 0.15) is 0 Å². The molecule has 1 aliphatic carbocycles. The Morgan fingerprint density at radius 2 is 2.04 bits per heavy atom. The van der Waals surface area contributed by atoms with E-state index >= 15 is 0 Å². The Kier molecular flexibility index (Phi) is 4.97. The summed E-state index contributed by atoms with van der Waals surface area (Å²) in [5, 5.41) is 8.23. The second-order valence-electron chi connectivity index (χ2n) is 7.88. The predicted octanol–water partition coefficient (Wildman–Crippen LogP) is 1.72. The van der Waals surface area contributed by atoms with E-state index in [-0.39, 0.29) is 5.41 Å². The van der Waals surface area contributed by atoms with Crippen molar-refractivity contribution in [3.05, 3.63) is 5.89 Å². The average molecular weight is 350 g/mol. The lowest BCUT2D eigenvalue weighted by molar-refractivity contribution is -0.0544. The molecule has 1 aromatic rings. The van der Waals surface area contributed by atoms with E-state index in [0.29, 0.717) is 23.9 Å². The molecule has 3 aliphatic rings. The monoisotopic (exact) mass is 350 g/mol. The number of nitrogens with zero attached hydrogens (tertiary/aromatic N) is 4. The van der Waals surface area contributed by atoms with E-state index in [4.69, 9.17) is 13.9 Å². The van der Waals surface area contributed by atoms with Gasteiger partial charge in [-0.05, 0) is 31.6 Å². The highest BCUT2D eigenvalue weighted by Gasteiger charge is 2.48. The van der Waals surface area contributed by atoms with Gasteiger partial charge in [0, 0.05) is 51.7 Å². The first-order valence-electron chi connectivity index (χ1n) is 9.56. The van der Waals surface area contributed by atoms with Crippen LogP contribution in [0.2, 0.25) is 0 Å². The Labute approximate surface area is 149 Å². The topological polar surface area (TPSA) is 63.9 Å². The summed E-state index contributed by atoms with van der Waals surface area (Å²) >= 11 is 0. The molecule has 0 spiro atoms. The van der Waals surface area contributed by atoms with Gasteiger partial charge in [0.25, 0.3) is 0 Å². The van der Waals surface area contributed by atoms with E-state index in [1.165, 1.54) is 25.7 Å². The van der Waals surface area contributed by atoms with Gasteiger partial charge in [-0.2, -0.15) is 0 Å². The maximum atomic E-state index is 5.68. The molecule has 0 amide bonds. The fourth-order valence-electron chi connectivity index (χ4n) is 5.13. The average Bonchev–Trinajstić information content (AvgIpc) is 3.08. The van der Waals surface area contributed by atoms with Crippen molar-refractivity contribution in [2.24, 2.45) is 11.3 Å². The van der Waals surface area contributed by atoms with Crippen molar-refractivity contribution in [3.63, 3.8) is 0 Å². The van der Waals surface area contributed by atoms with Gasteiger partial charge >= 0.3 is 6.01 Å². The summed E-state index contributed by atoms with van der Waals surface area (Å²) in [6.07, 6.45) is 4.90. The van der Waals surface area contributed by atoms with Crippen molar-refractivity contribution < 1.29 is 13.9 Å². The number of morpholine rings is 1. The number of methoxy groups -OCH3 is 1. The molecule has 7 heteroatoms. The van der Waals surface area contributed by atoms with E-state index in [2.05, 4.69) is 20.0 Å². The summed E-state index contributed by atoms with van der Waals surface area (Å²) in [7, 11) is 1.83. The molecule has 3 atom stereocenters. The van der Waals surface area contributed by atoms with Gasteiger partial charge in [0.2, 0.25) is 5.89 Å². The second kappa shape index (κ2) is 7.21. The second-order valence-corrected chi connectivity index (χ2v) is 7.88. The molecule has 4 rings (SSSR count). The van der Waals surface area contributed by atoms with Gasteiger partial charge in [-0.1, -0.05) is 5.10 Å². The zero-order valence-corrected chi connectivity index (χ0v) is 15.4. The van der Waals surface area contributed by atoms with Crippen molar-refractivity contribution in [2.45, 2.75) is 38.6 Å². The zero-order chi connectivity index (χ0) is 17.3. The molecule has 7 nitrogen and oxygen atoms in total. The number of aromatic nitrogens is 2. The molecule has 0 bridgehead atoms. The fourth-order valence-corrected chi connectivity index (χ4v) is 5.13. The molecule has 0 unspecified atom stereocenters. The Bertz CT molecular complexity index is 574. The number of hydrogen-bond donors (Lipinski definition) is 0. The predicted molar refractivity (Wildman–Crippen MR) is 93.7 cm³/mol. The van der Waals surface area contributed by atoms with Crippen LogP contribution in [0.5, 0.6) is 0 Å². The normalized spacial score (nSPS) is 34.1. The Hall–Kier alpha value is -1.18. The Morgan fingerprint density at radius 3 is 2.76 bits per heavy atom. The van der Waals surface area contributed by atoms with E-state index in [1.54, 1.807) is 0 Å². The molecule has 2 aliphatic heterocycles. The van der Waals surface area contributed by atoms with Crippen LogP contribution in [-0.2, 0) is 9.47 Å². The molecular weight excluding hydrogens is 320 g/mol.